The van der Waals surface area contributed by atoms with Crippen LogP contribution in [0, 0.1) is 5.41 Å². The number of hydrazine groups is 1. The van der Waals surface area contributed by atoms with E-state index in [2.05, 4.69) is 10.3 Å². The minimum absolute atomic E-state index is 0.0304. The summed E-state index contributed by atoms with van der Waals surface area (Å²) < 4.78 is 5.53. The lowest BCUT2D eigenvalue weighted by molar-refractivity contribution is -0.159. The van der Waals surface area contributed by atoms with Crippen LogP contribution in [0.5, 0.6) is 0 Å². The van der Waals surface area contributed by atoms with Crippen molar-refractivity contribution in [3.63, 3.8) is 0 Å². The van der Waals surface area contributed by atoms with E-state index in [0.29, 0.717) is 25.8 Å². The topological polar surface area (TPSA) is 98.0 Å². The molecule has 2 atom stereocenters. The van der Waals surface area contributed by atoms with Crippen LogP contribution in [-0.2, 0) is 27.2 Å². The van der Waals surface area contributed by atoms with Crippen molar-refractivity contribution in [3.8, 4) is 0 Å². The number of nitrogens with zero attached hydrogens (tertiary/aromatic N) is 3. The highest BCUT2D eigenvalue weighted by Crippen LogP contribution is 2.36. The molecule has 220 valence electrons. The van der Waals surface area contributed by atoms with Crippen LogP contribution < -0.4 is 5.32 Å². The fourth-order valence-corrected chi connectivity index (χ4v) is 5.62. The van der Waals surface area contributed by atoms with Gasteiger partial charge in [-0.2, -0.15) is 0 Å². The van der Waals surface area contributed by atoms with Crippen molar-refractivity contribution < 1.29 is 19.1 Å². The van der Waals surface area contributed by atoms with Crippen LogP contribution in [0.3, 0.4) is 0 Å². The summed E-state index contributed by atoms with van der Waals surface area (Å²) in [6.45, 7) is 6.14. The summed E-state index contributed by atoms with van der Waals surface area (Å²) in [7, 11) is 5.43. The second-order valence-corrected chi connectivity index (χ2v) is 12.2. The molecule has 41 heavy (non-hydrogen) atoms. The zero-order valence-electron chi connectivity index (χ0n) is 25.1. The molecule has 0 saturated carbocycles. The highest BCUT2D eigenvalue weighted by atomic mass is 16.6. The van der Waals surface area contributed by atoms with Crippen LogP contribution in [0.2, 0.25) is 0 Å². The van der Waals surface area contributed by atoms with E-state index in [1.165, 1.54) is 0 Å². The van der Waals surface area contributed by atoms with Crippen molar-refractivity contribution in [1.82, 2.24) is 25.2 Å². The third-order valence-electron chi connectivity index (χ3n) is 7.71. The number of hydrogen-bond donors (Lipinski definition) is 2. The Balaban J connectivity index is 1.65. The number of aromatic nitrogens is 1. The number of carbonyl (C=O) groups excluding carboxylic acids is 3. The van der Waals surface area contributed by atoms with Crippen molar-refractivity contribution in [1.29, 1.82) is 0 Å². The maximum atomic E-state index is 14.2. The number of amides is 3. The predicted octanol–water partition coefficient (Wildman–Crippen LogP) is 4.39. The molecular weight excluding hydrogens is 518 g/mol. The molecule has 0 unspecified atom stereocenters. The molecule has 0 radical (unpaired) electrons. The Morgan fingerprint density at radius 3 is 2.41 bits per heavy atom. The lowest BCUT2D eigenvalue weighted by atomic mass is 9.74. The molecule has 0 aliphatic carbocycles. The van der Waals surface area contributed by atoms with Crippen molar-refractivity contribution in [3.05, 3.63) is 71.9 Å². The van der Waals surface area contributed by atoms with Gasteiger partial charge in [-0.15, -0.1) is 0 Å². The van der Waals surface area contributed by atoms with Crippen molar-refractivity contribution >= 4 is 28.8 Å². The molecule has 1 saturated heterocycles. The Labute approximate surface area is 242 Å². The number of aromatic amines is 1. The molecule has 3 amide bonds. The largest absolute Gasteiger partial charge is 0.444 e. The number of carbonyl (C=O) groups is 3. The first-order valence-corrected chi connectivity index (χ1v) is 14.2. The summed E-state index contributed by atoms with van der Waals surface area (Å²) >= 11 is 0. The second kappa shape index (κ2) is 12.3. The van der Waals surface area contributed by atoms with E-state index in [0.717, 1.165) is 22.0 Å². The van der Waals surface area contributed by atoms with E-state index < -0.39 is 23.2 Å². The molecule has 2 heterocycles. The van der Waals surface area contributed by atoms with Gasteiger partial charge in [0.1, 0.15) is 11.6 Å². The molecule has 2 aromatic carbocycles. The zero-order valence-corrected chi connectivity index (χ0v) is 25.1. The summed E-state index contributed by atoms with van der Waals surface area (Å²) in [4.78, 5) is 46.2. The Morgan fingerprint density at radius 2 is 1.73 bits per heavy atom. The highest BCUT2D eigenvalue weighted by Gasteiger charge is 2.46. The van der Waals surface area contributed by atoms with Crippen LogP contribution in [0.25, 0.3) is 10.9 Å². The number of H-pyrrole nitrogens is 1. The number of benzene rings is 2. The molecule has 9 heteroatoms. The molecule has 1 aromatic heterocycles. The van der Waals surface area contributed by atoms with Gasteiger partial charge in [0.25, 0.3) is 0 Å². The lowest BCUT2D eigenvalue weighted by Gasteiger charge is -2.45. The number of hydrogen-bond acceptors (Lipinski definition) is 5. The molecule has 1 aliphatic heterocycles. The number of piperidine rings is 1. The van der Waals surface area contributed by atoms with Gasteiger partial charge in [0.2, 0.25) is 11.8 Å². The monoisotopic (exact) mass is 561 g/mol. The minimum atomic E-state index is -0.863. The van der Waals surface area contributed by atoms with Gasteiger partial charge in [-0.25, -0.2) is 9.80 Å². The minimum Gasteiger partial charge on any atom is -0.444 e. The number of nitrogens with one attached hydrogen (secondary N) is 2. The van der Waals surface area contributed by atoms with Crippen LogP contribution >= 0.6 is 0 Å². The molecule has 0 bridgehead atoms. The predicted molar refractivity (Wildman–Crippen MR) is 160 cm³/mol. The molecule has 2 N–H and O–H groups in total. The first-order valence-electron chi connectivity index (χ1n) is 14.2. The van der Waals surface area contributed by atoms with Crippen molar-refractivity contribution in [2.75, 3.05) is 34.2 Å². The smallest absolute Gasteiger partial charge is 0.408 e. The number of alkyl carbamates (subject to hydrolysis) is 1. The quantitative estimate of drug-likeness (QED) is 0.398. The summed E-state index contributed by atoms with van der Waals surface area (Å²) in [5.74, 6) is -0.254. The van der Waals surface area contributed by atoms with E-state index in [1.54, 1.807) is 42.7 Å². The van der Waals surface area contributed by atoms with E-state index in [4.69, 9.17) is 4.74 Å². The van der Waals surface area contributed by atoms with E-state index in [9.17, 15) is 14.4 Å². The number of para-hydroxylation sites is 1. The second-order valence-electron chi connectivity index (χ2n) is 12.2. The maximum Gasteiger partial charge on any atom is 0.408 e. The zero-order chi connectivity index (χ0) is 29.8. The summed E-state index contributed by atoms with van der Waals surface area (Å²) in [6.07, 6.45) is 3.38. The number of fused-ring (bicyclic) bond motifs is 1. The van der Waals surface area contributed by atoms with E-state index in [1.807, 2.05) is 74.9 Å². The van der Waals surface area contributed by atoms with Gasteiger partial charge in [-0.3, -0.25) is 14.6 Å². The number of likely N-dealkylation sites (tertiary alicyclic amines) is 1. The summed E-state index contributed by atoms with van der Waals surface area (Å²) in [6, 6.07) is 17.0. The highest BCUT2D eigenvalue weighted by molar-refractivity contribution is 5.90. The van der Waals surface area contributed by atoms with E-state index in [-0.39, 0.29) is 24.8 Å². The molecular formula is C32H43N5O4. The Hall–Kier alpha value is -3.85. The average molecular weight is 562 g/mol. The Kier molecular flexibility index (Phi) is 9.07. The molecule has 0 spiro atoms. The van der Waals surface area contributed by atoms with Gasteiger partial charge in [0.15, 0.2) is 0 Å². The summed E-state index contributed by atoms with van der Waals surface area (Å²) in [5, 5.41) is 7.24. The Morgan fingerprint density at radius 1 is 1.05 bits per heavy atom. The van der Waals surface area contributed by atoms with Gasteiger partial charge in [0, 0.05) is 57.8 Å². The molecule has 4 rings (SSSR count). The van der Waals surface area contributed by atoms with Crippen LogP contribution in [-0.4, -0.2) is 83.7 Å². The summed E-state index contributed by atoms with van der Waals surface area (Å²) in [5.41, 5.74) is 1.42. The van der Waals surface area contributed by atoms with Gasteiger partial charge >= 0.3 is 6.09 Å². The van der Waals surface area contributed by atoms with Crippen LogP contribution in [0.15, 0.2) is 60.8 Å². The van der Waals surface area contributed by atoms with Crippen LogP contribution in [0.4, 0.5) is 4.79 Å². The van der Waals surface area contributed by atoms with Gasteiger partial charge < -0.3 is 19.9 Å². The van der Waals surface area contributed by atoms with Crippen molar-refractivity contribution in [2.24, 2.45) is 5.41 Å². The standard InChI is InChI=1S/C32H43N5O4/c1-31(2,3)41-30(40)34-27(19-24-21-33-26-16-11-10-15-25(24)26)28(38)37-18-12-17-32(22-37,29(39)36(6)35(4)5)20-23-13-8-7-9-14-23/h7-11,13-16,21,27,33H,12,17-20,22H2,1-6H3,(H,34,40)/t27-,32+/m1/s1. The molecule has 9 nitrogen and oxygen atoms in total. The number of ether oxygens (including phenoxy) is 1. The SMILES string of the molecule is CN(C)N(C)C(=O)[C@]1(Cc2ccccc2)CCCN(C(=O)[C@@H](Cc2c[nH]c3ccccc23)NC(=O)OC(C)(C)C)C1. The van der Waals surface area contributed by atoms with Crippen LogP contribution in [0.1, 0.15) is 44.7 Å². The maximum absolute atomic E-state index is 14.2. The molecule has 1 fully saturated rings. The first kappa shape index (κ1) is 30.1. The number of rotatable bonds is 8. The molecule has 1 aliphatic rings. The fraction of sp³-hybridized carbons (Fsp3) is 0.469. The van der Waals surface area contributed by atoms with Gasteiger partial charge in [-0.05, 0) is 57.2 Å². The fourth-order valence-electron chi connectivity index (χ4n) is 5.62. The van der Waals surface area contributed by atoms with E-state index >= 15 is 0 Å². The third kappa shape index (κ3) is 7.27. The normalized spacial score (nSPS) is 18.3. The first-order chi connectivity index (χ1) is 19.4. The average Bonchev–Trinajstić information content (AvgIpc) is 3.33. The molecule has 3 aromatic rings. The third-order valence-corrected chi connectivity index (χ3v) is 7.71. The Bertz CT molecular complexity index is 1360. The lowest BCUT2D eigenvalue weighted by Crippen LogP contribution is -2.59. The van der Waals surface area contributed by atoms with Crippen molar-refractivity contribution in [2.45, 2.75) is 58.1 Å². The van der Waals surface area contributed by atoms with Gasteiger partial charge in [-0.1, -0.05) is 48.5 Å². The van der Waals surface area contributed by atoms with Gasteiger partial charge in [0.05, 0.1) is 5.41 Å².